The molecule has 2 rings (SSSR count). The van der Waals surface area contributed by atoms with E-state index in [0.717, 1.165) is 16.7 Å². The van der Waals surface area contributed by atoms with Crippen molar-refractivity contribution < 1.29 is 14.6 Å². The van der Waals surface area contributed by atoms with Crippen LogP contribution in [-0.4, -0.2) is 17.6 Å². The van der Waals surface area contributed by atoms with Crippen LogP contribution in [0.25, 0.3) is 0 Å². The summed E-state index contributed by atoms with van der Waals surface area (Å²) in [5, 5.41) is 10.1. The Balaban J connectivity index is 2.07. The molecular formula is C17H19NO3. The average Bonchev–Trinajstić information content (AvgIpc) is 2.46. The molecule has 2 aromatic rings. The third-order valence-corrected chi connectivity index (χ3v) is 3.33. The number of aryl methyl sites for hydroxylation is 2. The average molecular weight is 285 g/mol. The molecule has 2 aromatic carbocycles. The van der Waals surface area contributed by atoms with Gasteiger partial charge in [-0.25, -0.2) is 0 Å². The van der Waals surface area contributed by atoms with Crippen LogP contribution < -0.4 is 10.5 Å². The number of rotatable bonds is 5. The van der Waals surface area contributed by atoms with Crippen LogP contribution in [0, 0.1) is 13.8 Å². The zero-order valence-corrected chi connectivity index (χ0v) is 12.2. The third-order valence-electron chi connectivity index (χ3n) is 3.33. The molecule has 0 radical (unpaired) electrons. The zero-order chi connectivity index (χ0) is 15.4. The molecule has 3 N–H and O–H groups in total. The number of hydrogen-bond donors (Lipinski definition) is 2. The summed E-state index contributed by atoms with van der Waals surface area (Å²) in [7, 11) is 0. The van der Waals surface area contributed by atoms with Crippen LogP contribution in [0.15, 0.2) is 42.5 Å². The Morgan fingerprint density at radius 3 is 2.48 bits per heavy atom. The monoisotopic (exact) mass is 285 g/mol. The topological polar surface area (TPSA) is 72.6 Å². The van der Waals surface area contributed by atoms with E-state index in [1.54, 1.807) is 18.2 Å². The lowest BCUT2D eigenvalue weighted by atomic mass is 10.1. The first kappa shape index (κ1) is 15.1. The van der Waals surface area contributed by atoms with Crippen LogP contribution in [0.4, 0.5) is 0 Å². The van der Waals surface area contributed by atoms with E-state index in [1.807, 2.05) is 38.1 Å². The number of benzene rings is 2. The van der Waals surface area contributed by atoms with Crippen molar-refractivity contribution in [2.75, 3.05) is 6.61 Å². The molecular weight excluding hydrogens is 266 g/mol. The van der Waals surface area contributed by atoms with Gasteiger partial charge < -0.3 is 15.6 Å². The third kappa shape index (κ3) is 3.83. The number of ether oxygens (including phenoxy) is 1. The van der Waals surface area contributed by atoms with E-state index in [1.165, 1.54) is 0 Å². The van der Waals surface area contributed by atoms with Crippen LogP contribution in [0.2, 0.25) is 0 Å². The molecule has 0 aliphatic heterocycles. The summed E-state index contributed by atoms with van der Waals surface area (Å²) in [6, 6.07) is 12.6. The lowest BCUT2D eigenvalue weighted by Crippen LogP contribution is -2.13. The molecule has 1 atom stereocenters. The van der Waals surface area contributed by atoms with E-state index in [0.29, 0.717) is 11.3 Å². The fraction of sp³-hybridized carbons (Fsp3) is 0.235. The summed E-state index contributed by atoms with van der Waals surface area (Å²) in [5.41, 5.74) is 8.46. The number of hydrogen-bond acceptors (Lipinski definition) is 3. The molecule has 4 nitrogen and oxygen atoms in total. The highest BCUT2D eigenvalue weighted by molar-refractivity contribution is 5.93. The second kappa shape index (κ2) is 6.41. The molecule has 0 fully saturated rings. The van der Waals surface area contributed by atoms with Crippen LogP contribution >= 0.6 is 0 Å². The molecule has 0 bridgehead atoms. The van der Waals surface area contributed by atoms with Gasteiger partial charge >= 0.3 is 0 Å². The first-order chi connectivity index (χ1) is 9.97. The van der Waals surface area contributed by atoms with Gasteiger partial charge in [-0.1, -0.05) is 35.9 Å². The molecule has 0 heterocycles. The normalized spacial score (nSPS) is 12.0. The summed E-state index contributed by atoms with van der Waals surface area (Å²) in [6.07, 6.45) is -0.720. The van der Waals surface area contributed by atoms with E-state index < -0.39 is 12.0 Å². The second-order valence-corrected chi connectivity index (χ2v) is 5.08. The summed E-state index contributed by atoms with van der Waals surface area (Å²) in [4.78, 5) is 11.2. The van der Waals surface area contributed by atoms with Crippen molar-refractivity contribution in [2.45, 2.75) is 20.0 Å². The molecule has 0 aliphatic rings. The summed E-state index contributed by atoms with van der Waals surface area (Å²) in [6.45, 7) is 3.98. The Morgan fingerprint density at radius 2 is 1.86 bits per heavy atom. The van der Waals surface area contributed by atoms with Gasteiger partial charge in [0.2, 0.25) is 5.91 Å². The molecule has 1 unspecified atom stereocenters. The van der Waals surface area contributed by atoms with Gasteiger partial charge in [0, 0.05) is 5.56 Å². The maximum Gasteiger partial charge on any atom is 0.248 e. The van der Waals surface area contributed by atoms with Crippen molar-refractivity contribution in [3.63, 3.8) is 0 Å². The quantitative estimate of drug-likeness (QED) is 0.886. The standard InChI is InChI=1S/C17H19NO3/c1-11-3-6-13(7-4-11)15(19)10-21-16-9-14(17(18)20)8-5-12(16)2/h3-9,15,19H,10H2,1-2H3,(H2,18,20). The van der Waals surface area contributed by atoms with Gasteiger partial charge in [-0.15, -0.1) is 0 Å². The van der Waals surface area contributed by atoms with Crippen molar-refractivity contribution in [1.82, 2.24) is 0 Å². The maximum absolute atomic E-state index is 11.2. The Bertz CT molecular complexity index is 635. The van der Waals surface area contributed by atoms with Crippen molar-refractivity contribution in [2.24, 2.45) is 5.73 Å². The van der Waals surface area contributed by atoms with Gasteiger partial charge in [-0.3, -0.25) is 4.79 Å². The van der Waals surface area contributed by atoms with E-state index in [4.69, 9.17) is 10.5 Å². The number of aliphatic hydroxyl groups excluding tert-OH is 1. The van der Waals surface area contributed by atoms with E-state index in [9.17, 15) is 9.90 Å². The van der Waals surface area contributed by atoms with Crippen LogP contribution in [0.1, 0.15) is 33.2 Å². The van der Waals surface area contributed by atoms with Crippen molar-refractivity contribution in [3.05, 3.63) is 64.7 Å². The smallest absolute Gasteiger partial charge is 0.248 e. The Morgan fingerprint density at radius 1 is 1.19 bits per heavy atom. The van der Waals surface area contributed by atoms with Crippen LogP contribution in [0.3, 0.4) is 0 Å². The minimum atomic E-state index is -0.720. The SMILES string of the molecule is Cc1ccc(C(O)COc2cc(C(N)=O)ccc2C)cc1. The van der Waals surface area contributed by atoms with Gasteiger partial charge in [0.1, 0.15) is 18.5 Å². The van der Waals surface area contributed by atoms with E-state index in [-0.39, 0.29) is 6.61 Å². The van der Waals surface area contributed by atoms with Gasteiger partial charge in [0.05, 0.1) is 0 Å². The minimum Gasteiger partial charge on any atom is -0.490 e. The number of amides is 1. The highest BCUT2D eigenvalue weighted by Crippen LogP contribution is 2.22. The minimum absolute atomic E-state index is 0.117. The first-order valence-corrected chi connectivity index (χ1v) is 6.75. The fourth-order valence-corrected chi connectivity index (χ4v) is 1.96. The second-order valence-electron chi connectivity index (χ2n) is 5.08. The molecule has 0 saturated carbocycles. The molecule has 1 amide bonds. The summed E-state index contributed by atoms with van der Waals surface area (Å²) < 4.78 is 5.62. The predicted octanol–water partition coefficient (Wildman–Crippen LogP) is 2.51. The highest BCUT2D eigenvalue weighted by atomic mass is 16.5. The molecule has 4 heteroatoms. The number of carbonyl (C=O) groups is 1. The number of aliphatic hydroxyl groups is 1. The molecule has 0 spiro atoms. The van der Waals surface area contributed by atoms with Crippen LogP contribution in [0.5, 0.6) is 5.75 Å². The van der Waals surface area contributed by atoms with Gasteiger partial charge in [0.15, 0.2) is 0 Å². The van der Waals surface area contributed by atoms with Gasteiger partial charge in [0.25, 0.3) is 0 Å². The number of nitrogens with two attached hydrogens (primary N) is 1. The molecule has 0 aromatic heterocycles. The lowest BCUT2D eigenvalue weighted by molar-refractivity contribution is 0.0997. The van der Waals surface area contributed by atoms with Crippen molar-refractivity contribution >= 4 is 5.91 Å². The van der Waals surface area contributed by atoms with Crippen LogP contribution in [-0.2, 0) is 0 Å². The predicted molar refractivity (Wildman–Crippen MR) is 81.3 cm³/mol. The number of carbonyl (C=O) groups excluding carboxylic acids is 1. The zero-order valence-electron chi connectivity index (χ0n) is 12.2. The van der Waals surface area contributed by atoms with E-state index >= 15 is 0 Å². The Kier molecular flexibility index (Phi) is 4.60. The maximum atomic E-state index is 11.2. The fourth-order valence-electron chi connectivity index (χ4n) is 1.96. The molecule has 0 aliphatic carbocycles. The Labute approximate surface area is 124 Å². The first-order valence-electron chi connectivity index (χ1n) is 6.75. The lowest BCUT2D eigenvalue weighted by Gasteiger charge is -2.15. The highest BCUT2D eigenvalue weighted by Gasteiger charge is 2.11. The van der Waals surface area contributed by atoms with Crippen molar-refractivity contribution in [1.29, 1.82) is 0 Å². The van der Waals surface area contributed by atoms with Gasteiger partial charge in [-0.2, -0.15) is 0 Å². The number of primary amides is 1. The molecule has 110 valence electrons. The largest absolute Gasteiger partial charge is 0.490 e. The Hall–Kier alpha value is -2.33. The molecule has 0 saturated heterocycles. The summed E-state index contributed by atoms with van der Waals surface area (Å²) in [5.74, 6) is 0.0522. The molecule has 21 heavy (non-hydrogen) atoms. The van der Waals surface area contributed by atoms with E-state index in [2.05, 4.69) is 0 Å². The summed E-state index contributed by atoms with van der Waals surface area (Å²) >= 11 is 0. The van der Waals surface area contributed by atoms with Gasteiger partial charge in [-0.05, 0) is 37.1 Å². The van der Waals surface area contributed by atoms with Crippen molar-refractivity contribution in [3.8, 4) is 5.75 Å².